The lowest BCUT2D eigenvalue weighted by atomic mass is 10.0. The topological polar surface area (TPSA) is 53.8 Å². The third-order valence-electron chi connectivity index (χ3n) is 4.28. The molecule has 0 spiro atoms. The van der Waals surface area contributed by atoms with Crippen LogP contribution in [-0.4, -0.2) is 38.3 Å². The second kappa shape index (κ2) is 6.47. The third-order valence-corrected chi connectivity index (χ3v) is 5.97. The Morgan fingerprint density at radius 2 is 1.91 bits per heavy atom. The van der Waals surface area contributed by atoms with Crippen LogP contribution in [0.15, 0.2) is 52.0 Å². The summed E-state index contributed by atoms with van der Waals surface area (Å²) in [6.45, 7) is 1.62. The van der Waals surface area contributed by atoms with Crippen LogP contribution in [0.4, 0.5) is 0 Å². The van der Waals surface area contributed by atoms with Gasteiger partial charge in [0.15, 0.2) is 0 Å². The van der Waals surface area contributed by atoms with Crippen LogP contribution in [0.5, 0.6) is 0 Å². The summed E-state index contributed by atoms with van der Waals surface area (Å²) in [6, 6.07) is 14.1. The largest absolute Gasteiger partial charge is 0.447 e. The molecule has 1 aliphatic heterocycles. The summed E-state index contributed by atoms with van der Waals surface area (Å²) in [5.74, 6) is 0.688. The molecule has 1 unspecified atom stereocenters. The van der Waals surface area contributed by atoms with Crippen LogP contribution in [0.25, 0.3) is 0 Å². The summed E-state index contributed by atoms with van der Waals surface area (Å²) < 4.78 is 30.9. The van der Waals surface area contributed by atoms with Gasteiger partial charge in [-0.05, 0) is 37.1 Å². The average Bonchev–Trinajstić information content (AvgIpc) is 3.18. The van der Waals surface area contributed by atoms with Crippen molar-refractivity contribution in [1.82, 2.24) is 9.21 Å². The van der Waals surface area contributed by atoms with Crippen LogP contribution in [0.3, 0.4) is 0 Å². The molecule has 0 saturated carbocycles. The highest BCUT2D eigenvalue weighted by atomic mass is 32.2. The molecule has 0 radical (unpaired) electrons. The van der Waals surface area contributed by atoms with Gasteiger partial charge in [-0.3, -0.25) is 4.90 Å². The van der Waals surface area contributed by atoms with Crippen LogP contribution in [-0.2, 0) is 16.6 Å². The Kier molecular flexibility index (Phi) is 4.57. The van der Waals surface area contributed by atoms with Crippen molar-refractivity contribution in [2.24, 2.45) is 0 Å². The molecule has 1 aliphatic rings. The summed E-state index contributed by atoms with van der Waals surface area (Å²) in [6.07, 6.45) is 2.26. The molecule has 1 atom stereocenters. The fraction of sp³-hybridized carbons (Fsp3) is 0.412. The Morgan fingerprint density at radius 3 is 2.61 bits per heavy atom. The summed E-state index contributed by atoms with van der Waals surface area (Å²) in [7, 11) is -0.500. The lowest BCUT2D eigenvalue weighted by Crippen LogP contribution is -2.23. The molecule has 0 amide bonds. The van der Waals surface area contributed by atoms with Gasteiger partial charge in [0.1, 0.15) is 5.76 Å². The van der Waals surface area contributed by atoms with Gasteiger partial charge in [0.25, 0.3) is 10.0 Å². The zero-order valence-corrected chi connectivity index (χ0v) is 14.3. The molecule has 124 valence electrons. The zero-order chi connectivity index (χ0) is 16.4. The Hall–Kier alpha value is -1.63. The molecule has 1 fully saturated rings. The molecule has 0 bridgehead atoms. The number of sulfonamides is 1. The highest BCUT2D eigenvalue weighted by molar-refractivity contribution is 7.88. The first-order chi connectivity index (χ1) is 11.0. The van der Waals surface area contributed by atoms with Crippen molar-refractivity contribution in [3.63, 3.8) is 0 Å². The molecule has 0 N–H and O–H groups in total. The van der Waals surface area contributed by atoms with Crippen molar-refractivity contribution in [3.8, 4) is 0 Å². The van der Waals surface area contributed by atoms with Crippen LogP contribution < -0.4 is 0 Å². The first kappa shape index (κ1) is 16.2. The van der Waals surface area contributed by atoms with E-state index < -0.39 is 10.0 Å². The van der Waals surface area contributed by atoms with Crippen molar-refractivity contribution in [1.29, 1.82) is 0 Å². The third kappa shape index (κ3) is 3.34. The average molecular weight is 334 g/mol. The number of furan rings is 1. The molecular weight excluding hydrogens is 312 g/mol. The number of benzene rings is 1. The molecule has 23 heavy (non-hydrogen) atoms. The van der Waals surface area contributed by atoms with E-state index in [1.54, 1.807) is 6.07 Å². The zero-order valence-electron chi connectivity index (χ0n) is 13.5. The van der Waals surface area contributed by atoms with E-state index in [1.807, 2.05) is 6.07 Å². The SMILES string of the molecule is CN(C)S(=O)(=O)c1ccc(CN2CCCC2c2ccccc2)o1. The van der Waals surface area contributed by atoms with Gasteiger partial charge < -0.3 is 4.42 Å². The predicted octanol–water partition coefficient (Wildman–Crippen LogP) is 2.87. The minimum atomic E-state index is -3.51. The molecular formula is C17H22N2O3S. The minimum absolute atomic E-state index is 0.00737. The van der Waals surface area contributed by atoms with Crippen molar-refractivity contribution < 1.29 is 12.8 Å². The first-order valence-corrected chi connectivity index (χ1v) is 9.23. The number of nitrogens with zero attached hydrogens (tertiary/aromatic N) is 2. The molecule has 1 aromatic heterocycles. The maximum Gasteiger partial charge on any atom is 0.275 e. The molecule has 2 aromatic rings. The van der Waals surface area contributed by atoms with Crippen LogP contribution in [0.1, 0.15) is 30.2 Å². The van der Waals surface area contributed by atoms with Gasteiger partial charge in [-0.25, -0.2) is 12.7 Å². The van der Waals surface area contributed by atoms with Gasteiger partial charge >= 0.3 is 0 Å². The number of likely N-dealkylation sites (tertiary alicyclic amines) is 1. The maximum absolute atomic E-state index is 12.1. The molecule has 3 rings (SSSR count). The van der Waals surface area contributed by atoms with E-state index in [1.165, 1.54) is 25.7 Å². The highest BCUT2D eigenvalue weighted by Crippen LogP contribution is 2.33. The van der Waals surface area contributed by atoms with E-state index >= 15 is 0 Å². The molecule has 6 heteroatoms. The quantitative estimate of drug-likeness (QED) is 0.844. The van der Waals surface area contributed by atoms with Gasteiger partial charge in [0.05, 0.1) is 6.54 Å². The summed E-state index contributed by atoms with van der Waals surface area (Å²) in [5, 5.41) is 0.00737. The standard InChI is InChI=1S/C17H22N2O3S/c1-18(2)23(20,21)17-11-10-15(22-17)13-19-12-6-9-16(19)14-7-4-3-5-8-14/h3-5,7-8,10-11,16H,6,9,12-13H2,1-2H3. The van der Waals surface area contributed by atoms with Gasteiger partial charge in [-0.2, -0.15) is 0 Å². The predicted molar refractivity (Wildman–Crippen MR) is 88.4 cm³/mol. The number of hydrogen-bond acceptors (Lipinski definition) is 4. The monoisotopic (exact) mass is 334 g/mol. The number of rotatable bonds is 5. The molecule has 1 aromatic carbocycles. The van der Waals surface area contributed by atoms with E-state index in [-0.39, 0.29) is 5.09 Å². The Balaban J connectivity index is 1.76. The van der Waals surface area contributed by atoms with Crippen LogP contribution in [0.2, 0.25) is 0 Å². The van der Waals surface area contributed by atoms with Crippen molar-refractivity contribution in [2.45, 2.75) is 30.5 Å². The summed E-state index contributed by atoms with van der Waals surface area (Å²) in [5.41, 5.74) is 1.30. The van der Waals surface area contributed by atoms with Crippen LogP contribution in [0, 0.1) is 0 Å². The fourth-order valence-electron chi connectivity index (χ4n) is 3.03. The van der Waals surface area contributed by atoms with Gasteiger partial charge in [-0.1, -0.05) is 30.3 Å². The van der Waals surface area contributed by atoms with E-state index in [4.69, 9.17) is 4.42 Å². The first-order valence-electron chi connectivity index (χ1n) is 7.79. The molecule has 0 aliphatic carbocycles. The summed E-state index contributed by atoms with van der Waals surface area (Å²) >= 11 is 0. The van der Waals surface area contributed by atoms with Gasteiger partial charge in [-0.15, -0.1) is 0 Å². The van der Waals surface area contributed by atoms with Crippen LogP contribution >= 0.6 is 0 Å². The Bertz CT molecular complexity index is 753. The molecule has 1 saturated heterocycles. The van der Waals surface area contributed by atoms with E-state index in [0.717, 1.165) is 23.7 Å². The summed E-state index contributed by atoms with van der Waals surface area (Å²) in [4.78, 5) is 2.35. The Morgan fingerprint density at radius 1 is 1.17 bits per heavy atom. The van der Waals surface area contributed by atoms with Gasteiger partial charge in [0, 0.05) is 20.1 Å². The van der Waals surface area contributed by atoms with Crippen molar-refractivity contribution in [3.05, 3.63) is 53.8 Å². The van der Waals surface area contributed by atoms with Gasteiger partial charge in [0.2, 0.25) is 5.09 Å². The van der Waals surface area contributed by atoms with E-state index in [0.29, 0.717) is 18.3 Å². The molecule has 5 nitrogen and oxygen atoms in total. The lowest BCUT2D eigenvalue weighted by Gasteiger charge is -2.23. The van der Waals surface area contributed by atoms with E-state index in [9.17, 15) is 8.42 Å². The number of hydrogen-bond donors (Lipinski definition) is 0. The normalized spacial score (nSPS) is 19.5. The van der Waals surface area contributed by atoms with Crippen molar-refractivity contribution >= 4 is 10.0 Å². The second-order valence-electron chi connectivity index (χ2n) is 6.05. The molecule has 2 heterocycles. The fourth-order valence-corrected chi connectivity index (χ4v) is 3.84. The smallest absolute Gasteiger partial charge is 0.275 e. The second-order valence-corrected chi connectivity index (χ2v) is 8.13. The Labute approximate surface area is 137 Å². The van der Waals surface area contributed by atoms with E-state index in [2.05, 4.69) is 29.2 Å². The lowest BCUT2D eigenvalue weighted by molar-refractivity contribution is 0.221. The minimum Gasteiger partial charge on any atom is -0.447 e. The highest BCUT2D eigenvalue weighted by Gasteiger charge is 2.28. The van der Waals surface area contributed by atoms with Crippen molar-refractivity contribution in [2.75, 3.05) is 20.6 Å². The maximum atomic E-state index is 12.1.